The lowest BCUT2D eigenvalue weighted by molar-refractivity contribution is -0.148. The average molecular weight is 501 g/mol. The standard InChI is InChI=1S/C29H29ClN4O2/c1-19-22(20-9-4-3-5-10-20)11-8-12-24(19)33-28-27-23(14-15-31-28)26(30)21(17-32-27)18-34-16-7-6-13-25(34)29(35)36-2/h3-5,8-12,14-15,17,25H,6-7,13,16,18H2,1-2H3,(H,31,33). The van der Waals surface area contributed by atoms with Crippen LogP contribution in [0.5, 0.6) is 0 Å². The summed E-state index contributed by atoms with van der Waals surface area (Å²) < 4.78 is 5.03. The minimum Gasteiger partial charge on any atom is -0.468 e. The molecule has 7 heteroatoms. The Kier molecular flexibility index (Phi) is 7.16. The van der Waals surface area contributed by atoms with Crippen molar-refractivity contribution >= 4 is 40.0 Å². The second kappa shape index (κ2) is 10.6. The van der Waals surface area contributed by atoms with Crippen molar-refractivity contribution in [3.05, 3.63) is 83.1 Å². The number of ether oxygens (including phenoxy) is 1. The topological polar surface area (TPSA) is 67.3 Å². The minimum atomic E-state index is -0.245. The third-order valence-corrected chi connectivity index (χ3v) is 7.37. The number of benzene rings is 2. The number of rotatable bonds is 6. The summed E-state index contributed by atoms with van der Waals surface area (Å²) in [4.78, 5) is 23.8. The van der Waals surface area contributed by atoms with E-state index in [0.29, 0.717) is 22.9 Å². The van der Waals surface area contributed by atoms with Crippen LogP contribution in [0.15, 0.2) is 67.0 Å². The van der Waals surface area contributed by atoms with Crippen molar-refractivity contribution in [2.45, 2.75) is 38.8 Å². The number of methoxy groups -OCH3 is 1. The number of pyridine rings is 2. The van der Waals surface area contributed by atoms with Gasteiger partial charge in [-0.05, 0) is 55.1 Å². The summed E-state index contributed by atoms with van der Waals surface area (Å²) in [6.45, 7) is 3.48. The van der Waals surface area contributed by atoms with Gasteiger partial charge in [0.05, 0.1) is 12.1 Å². The predicted octanol–water partition coefficient (Wildman–Crippen LogP) is 6.53. The molecule has 36 heavy (non-hydrogen) atoms. The number of likely N-dealkylation sites (tertiary alicyclic amines) is 1. The van der Waals surface area contributed by atoms with Crippen LogP contribution >= 0.6 is 11.6 Å². The zero-order valence-electron chi connectivity index (χ0n) is 20.5. The number of piperidine rings is 1. The van der Waals surface area contributed by atoms with Gasteiger partial charge in [-0.25, -0.2) is 4.98 Å². The van der Waals surface area contributed by atoms with Crippen molar-refractivity contribution in [3.63, 3.8) is 0 Å². The maximum absolute atomic E-state index is 12.3. The Hall–Kier alpha value is -3.48. The number of nitrogens with zero attached hydrogens (tertiary/aromatic N) is 3. The van der Waals surface area contributed by atoms with Crippen molar-refractivity contribution < 1.29 is 9.53 Å². The van der Waals surface area contributed by atoms with Gasteiger partial charge in [-0.1, -0.05) is 60.5 Å². The molecule has 0 bridgehead atoms. The van der Waals surface area contributed by atoms with Gasteiger partial charge in [0, 0.05) is 35.6 Å². The Labute approximate surface area is 216 Å². The molecule has 4 aromatic rings. The van der Waals surface area contributed by atoms with Gasteiger partial charge in [-0.2, -0.15) is 0 Å². The van der Waals surface area contributed by atoms with Crippen LogP contribution in [0.1, 0.15) is 30.4 Å². The number of aromatic nitrogens is 2. The summed E-state index contributed by atoms with van der Waals surface area (Å²) in [6.07, 6.45) is 6.41. The highest BCUT2D eigenvalue weighted by Gasteiger charge is 2.30. The molecule has 1 aliphatic heterocycles. The summed E-state index contributed by atoms with van der Waals surface area (Å²) in [5.41, 5.74) is 6.02. The van der Waals surface area contributed by atoms with Crippen LogP contribution in [-0.4, -0.2) is 40.5 Å². The molecule has 1 atom stereocenters. The van der Waals surface area contributed by atoms with Gasteiger partial charge >= 0.3 is 5.97 Å². The minimum absolute atomic E-state index is 0.191. The summed E-state index contributed by atoms with van der Waals surface area (Å²) in [5.74, 6) is 0.461. The highest BCUT2D eigenvalue weighted by molar-refractivity contribution is 6.36. The van der Waals surface area contributed by atoms with E-state index in [1.165, 1.54) is 12.7 Å². The molecule has 184 valence electrons. The fraction of sp³-hybridized carbons (Fsp3) is 0.276. The Balaban J connectivity index is 1.45. The molecule has 3 heterocycles. The fourth-order valence-corrected chi connectivity index (χ4v) is 5.23. The second-order valence-corrected chi connectivity index (χ2v) is 9.51. The first-order valence-corrected chi connectivity index (χ1v) is 12.6. The third kappa shape index (κ3) is 4.79. The van der Waals surface area contributed by atoms with Crippen LogP contribution in [0.2, 0.25) is 5.02 Å². The van der Waals surface area contributed by atoms with E-state index >= 15 is 0 Å². The third-order valence-electron chi connectivity index (χ3n) is 6.92. The largest absolute Gasteiger partial charge is 0.468 e. The SMILES string of the molecule is COC(=O)C1CCCCN1Cc1cnc2c(Nc3cccc(-c4ccccc4)c3C)nccc2c1Cl. The van der Waals surface area contributed by atoms with E-state index in [4.69, 9.17) is 21.3 Å². The van der Waals surface area contributed by atoms with Crippen molar-refractivity contribution in [1.29, 1.82) is 0 Å². The van der Waals surface area contributed by atoms with E-state index in [-0.39, 0.29) is 12.0 Å². The molecule has 0 amide bonds. The molecule has 6 nitrogen and oxygen atoms in total. The van der Waals surface area contributed by atoms with Crippen LogP contribution < -0.4 is 5.32 Å². The molecular weight excluding hydrogens is 472 g/mol. The van der Waals surface area contributed by atoms with Crippen LogP contribution in [0, 0.1) is 6.92 Å². The van der Waals surface area contributed by atoms with E-state index in [9.17, 15) is 4.79 Å². The smallest absolute Gasteiger partial charge is 0.323 e. The molecule has 0 saturated carbocycles. The zero-order valence-corrected chi connectivity index (χ0v) is 21.3. The number of halogens is 1. The molecule has 1 unspecified atom stereocenters. The lowest BCUT2D eigenvalue weighted by Crippen LogP contribution is -2.44. The number of nitrogens with one attached hydrogen (secondary N) is 1. The lowest BCUT2D eigenvalue weighted by atomic mass is 9.99. The Morgan fingerprint density at radius 1 is 1.11 bits per heavy atom. The van der Waals surface area contributed by atoms with Gasteiger partial charge in [-0.15, -0.1) is 0 Å². The number of carbonyl (C=O) groups is 1. The van der Waals surface area contributed by atoms with Gasteiger partial charge < -0.3 is 10.1 Å². The van der Waals surface area contributed by atoms with Gasteiger partial charge in [0.15, 0.2) is 5.82 Å². The maximum atomic E-state index is 12.3. The van der Waals surface area contributed by atoms with Crippen molar-refractivity contribution in [3.8, 4) is 11.1 Å². The highest BCUT2D eigenvalue weighted by atomic mass is 35.5. The first-order valence-electron chi connectivity index (χ1n) is 12.2. The normalized spacial score (nSPS) is 16.1. The number of hydrogen-bond donors (Lipinski definition) is 1. The molecule has 0 radical (unpaired) electrons. The van der Waals surface area contributed by atoms with E-state index in [0.717, 1.165) is 53.6 Å². The number of fused-ring (bicyclic) bond motifs is 1. The first kappa shape index (κ1) is 24.2. The predicted molar refractivity (Wildman–Crippen MR) is 145 cm³/mol. The number of anilines is 2. The van der Waals surface area contributed by atoms with Crippen molar-refractivity contribution in [2.75, 3.05) is 19.0 Å². The van der Waals surface area contributed by atoms with Crippen molar-refractivity contribution in [1.82, 2.24) is 14.9 Å². The van der Waals surface area contributed by atoms with Crippen LogP contribution in [0.4, 0.5) is 11.5 Å². The first-order chi connectivity index (χ1) is 17.6. The van der Waals surface area contributed by atoms with Crippen LogP contribution in [0.3, 0.4) is 0 Å². The Morgan fingerprint density at radius 3 is 2.75 bits per heavy atom. The zero-order chi connectivity index (χ0) is 25.1. The van der Waals surface area contributed by atoms with Gasteiger partial charge in [0.2, 0.25) is 0 Å². The molecule has 1 aliphatic rings. The van der Waals surface area contributed by atoms with Crippen molar-refractivity contribution in [2.24, 2.45) is 0 Å². The highest BCUT2D eigenvalue weighted by Crippen LogP contribution is 2.34. The monoisotopic (exact) mass is 500 g/mol. The average Bonchev–Trinajstić information content (AvgIpc) is 2.92. The summed E-state index contributed by atoms with van der Waals surface area (Å²) in [6, 6.07) is 18.2. The Bertz CT molecular complexity index is 1390. The second-order valence-electron chi connectivity index (χ2n) is 9.13. The number of esters is 1. The van der Waals surface area contributed by atoms with Crippen LogP contribution in [0.25, 0.3) is 22.0 Å². The summed E-state index contributed by atoms with van der Waals surface area (Å²) >= 11 is 6.90. The molecule has 5 rings (SSSR count). The summed E-state index contributed by atoms with van der Waals surface area (Å²) in [7, 11) is 1.44. The molecule has 2 aromatic heterocycles. The molecule has 1 N–H and O–H groups in total. The molecule has 1 saturated heterocycles. The van der Waals surface area contributed by atoms with Gasteiger partial charge in [0.25, 0.3) is 0 Å². The van der Waals surface area contributed by atoms with E-state index in [1.807, 2.05) is 36.4 Å². The van der Waals surface area contributed by atoms with Gasteiger partial charge in [0.1, 0.15) is 11.6 Å². The Morgan fingerprint density at radius 2 is 1.94 bits per heavy atom. The quantitative estimate of drug-likeness (QED) is 0.303. The number of carbonyl (C=O) groups excluding carboxylic acids is 1. The molecule has 1 fully saturated rings. The molecular formula is C29H29ClN4O2. The summed E-state index contributed by atoms with van der Waals surface area (Å²) in [5, 5.41) is 4.94. The van der Waals surface area contributed by atoms with Crippen LogP contribution in [-0.2, 0) is 16.1 Å². The van der Waals surface area contributed by atoms with E-state index in [1.54, 1.807) is 12.4 Å². The lowest BCUT2D eigenvalue weighted by Gasteiger charge is -2.33. The fourth-order valence-electron chi connectivity index (χ4n) is 4.97. The number of hydrogen-bond acceptors (Lipinski definition) is 6. The molecule has 0 spiro atoms. The maximum Gasteiger partial charge on any atom is 0.323 e. The molecule has 2 aromatic carbocycles. The van der Waals surface area contributed by atoms with E-state index in [2.05, 4.69) is 40.3 Å². The molecule has 0 aliphatic carbocycles. The van der Waals surface area contributed by atoms with Gasteiger partial charge in [-0.3, -0.25) is 14.7 Å². The van der Waals surface area contributed by atoms with E-state index < -0.39 is 0 Å².